The van der Waals surface area contributed by atoms with E-state index in [1.54, 1.807) is 0 Å². The number of rotatable bonds is 16. The Balaban J connectivity index is 1.88. The molecular formula is C29H43N3O10. The number of nitrogens with one attached hydrogen (secondary N) is 2. The van der Waals surface area contributed by atoms with Gasteiger partial charge < -0.3 is 40.1 Å². The topological polar surface area (TPSA) is 182 Å². The SMILES string of the molecule is CC(=O)N[C@H]1[C@H](OCCCCCCNC(=O)[C@@H](N)Cc2ccccc2)O[C@H](COC(C)=O)[C@@H](OC(C)=O)[C@@H]1OC(C)=O. The number of nitrogens with two attached hydrogens (primary N) is 1. The molecule has 1 saturated heterocycles. The van der Waals surface area contributed by atoms with Crippen LogP contribution < -0.4 is 16.4 Å². The molecule has 13 heteroatoms. The Bertz CT molecular complexity index is 1040. The molecule has 0 bridgehead atoms. The van der Waals surface area contributed by atoms with Gasteiger partial charge in [-0.1, -0.05) is 43.2 Å². The molecule has 0 aromatic heterocycles. The third kappa shape index (κ3) is 12.5. The molecule has 13 nitrogen and oxygen atoms in total. The normalized spacial score (nSPS) is 22.4. The molecule has 4 N–H and O–H groups in total. The lowest BCUT2D eigenvalue weighted by Crippen LogP contribution is -2.66. The van der Waals surface area contributed by atoms with Crippen molar-refractivity contribution in [3.05, 3.63) is 35.9 Å². The Morgan fingerprint density at radius 3 is 2.14 bits per heavy atom. The van der Waals surface area contributed by atoms with Gasteiger partial charge in [-0.05, 0) is 24.8 Å². The van der Waals surface area contributed by atoms with E-state index < -0.39 is 60.5 Å². The lowest BCUT2D eigenvalue weighted by atomic mass is 9.96. The number of benzene rings is 1. The molecule has 0 radical (unpaired) electrons. The lowest BCUT2D eigenvalue weighted by Gasteiger charge is -2.44. The van der Waals surface area contributed by atoms with Crippen molar-refractivity contribution in [1.29, 1.82) is 0 Å². The maximum Gasteiger partial charge on any atom is 0.303 e. The zero-order chi connectivity index (χ0) is 31.1. The molecule has 1 heterocycles. The first kappa shape index (κ1) is 34.7. The standard InChI is InChI=1S/C29H43N3O10/c1-18(33)32-25-27(41-21(4)36)26(40-20(3)35)24(17-39-19(2)34)42-29(25)38-15-11-6-5-10-14-31-28(37)23(30)16-22-12-8-7-9-13-22/h7-9,12-13,23-27,29H,5-6,10-11,14-17,30H2,1-4H3,(H,31,37)(H,32,33)/t23-,24+,25+,26+,27+,29+/m0/s1. The molecule has 1 aliphatic heterocycles. The van der Waals surface area contributed by atoms with Crippen LogP contribution in [0.2, 0.25) is 0 Å². The Kier molecular flexibility index (Phi) is 14.9. The Morgan fingerprint density at radius 1 is 0.881 bits per heavy atom. The molecule has 0 aliphatic carbocycles. The largest absolute Gasteiger partial charge is 0.463 e. The van der Waals surface area contributed by atoms with E-state index in [1.165, 1.54) is 27.7 Å². The van der Waals surface area contributed by atoms with E-state index in [9.17, 15) is 24.0 Å². The Morgan fingerprint density at radius 2 is 1.52 bits per heavy atom. The summed E-state index contributed by atoms with van der Waals surface area (Å²) in [4.78, 5) is 59.5. The minimum Gasteiger partial charge on any atom is -0.463 e. The second kappa shape index (κ2) is 18.1. The van der Waals surface area contributed by atoms with E-state index in [0.717, 1.165) is 24.8 Å². The summed E-state index contributed by atoms with van der Waals surface area (Å²) in [5.41, 5.74) is 7.01. The van der Waals surface area contributed by atoms with Gasteiger partial charge in [-0.2, -0.15) is 0 Å². The van der Waals surface area contributed by atoms with Crippen LogP contribution >= 0.6 is 0 Å². The fourth-order valence-corrected chi connectivity index (χ4v) is 4.52. The molecule has 2 amide bonds. The molecule has 0 unspecified atom stereocenters. The van der Waals surface area contributed by atoms with E-state index >= 15 is 0 Å². The molecule has 42 heavy (non-hydrogen) atoms. The van der Waals surface area contributed by atoms with Crippen molar-refractivity contribution < 1.29 is 47.7 Å². The maximum atomic E-state index is 12.3. The molecule has 1 aromatic carbocycles. The van der Waals surface area contributed by atoms with Crippen LogP contribution in [0, 0.1) is 0 Å². The highest BCUT2D eigenvalue weighted by Crippen LogP contribution is 2.28. The quantitative estimate of drug-likeness (QED) is 0.141. The number of unbranched alkanes of at least 4 members (excludes halogenated alkanes) is 3. The maximum absolute atomic E-state index is 12.3. The second-order valence-electron chi connectivity index (χ2n) is 10.1. The number of carbonyl (C=O) groups excluding carboxylic acids is 5. The minimum atomic E-state index is -1.17. The lowest BCUT2D eigenvalue weighted by molar-refractivity contribution is -0.277. The van der Waals surface area contributed by atoms with Gasteiger partial charge in [0, 0.05) is 40.8 Å². The van der Waals surface area contributed by atoms with Gasteiger partial charge in [-0.3, -0.25) is 24.0 Å². The molecule has 0 saturated carbocycles. The first-order chi connectivity index (χ1) is 20.0. The van der Waals surface area contributed by atoms with Crippen LogP contribution in [0.1, 0.15) is 58.9 Å². The summed E-state index contributed by atoms with van der Waals surface area (Å²) in [7, 11) is 0. The molecular weight excluding hydrogens is 550 g/mol. The Hall–Kier alpha value is -3.55. The predicted molar refractivity (Wildman–Crippen MR) is 150 cm³/mol. The van der Waals surface area contributed by atoms with Gasteiger partial charge in [0.1, 0.15) is 18.8 Å². The van der Waals surface area contributed by atoms with Gasteiger partial charge in [-0.15, -0.1) is 0 Å². The first-order valence-corrected chi connectivity index (χ1v) is 14.1. The fraction of sp³-hybridized carbons (Fsp3) is 0.621. The van der Waals surface area contributed by atoms with Crippen LogP contribution in [0.25, 0.3) is 0 Å². The number of ether oxygens (including phenoxy) is 5. The minimum absolute atomic E-state index is 0.196. The molecule has 1 fully saturated rings. The van der Waals surface area contributed by atoms with Crippen molar-refractivity contribution in [3.63, 3.8) is 0 Å². The van der Waals surface area contributed by atoms with Crippen LogP contribution in [-0.2, 0) is 54.1 Å². The second-order valence-corrected chi connectivity index (χ2v) is 10.1. The number of esters is 3. The predicted octanol–water partition coefficient (Wildman–Crippen LogP) is 0.906. The summed E-state index contributed by atoms with van der Waals surface area (Å²) in [5, 5.41) is 5.53. The summed E-state index contributed by atoms with van der Waals surface area (Å²) in [5.74, 6) is -2.57. The summed E-state index contributed by atoms with van der Waals surface area (Å²) in [6.45, 7) is 5.29. The molecule has 1 aliphatic rings. The Labute approximate surface area is 246 Å². The van der Waals surface area contributed by atoms with Crippen LogP contribution in [0.15, 0.2) is 30.3 Å². The van der Waals surface area contributed by atoms with Crippen molar-refractivity contribution in [2.45, 2.75) is 96.5 Å². The van der Waals surface area contributed by atoms with Gasteiger partial charge >= 0.3 is 17.9 Å². The number of hydrogen-bond acceptors (Lipinski definition) is 11. The van der Waals surface area contributed by atoms with Gasteiger partial charge in [0.2, 0.25) is 11.8 Å². The van der Waals surface area contributed by atoms with Gasteiger partial charge in [0.25, 0.3) is 0 Å². The third-order valence-electron chi connectivity index (χ3n) is 6.36. The van der Waals surface area contributed by atoms with Crippen molar-refractivity contribution >= 4 is 29.7 Å². The number of hydrogen-bond donors (Lipinski definition) is 3. The summed E-state index contributed by atoms with van der Waals surface area (Å²) < 4.78 is 27.8. The zero-order valence-corrected chi connectivity index (χ0v) is 24.7. The summed E-state index contributed by atoms with van der Waals surface area (Å²) >= 11 is 0. The monoisotopic (exact) mass is 593 g/mol. The highest BCUT2D eigenvalue weighted by atomic mass is 16.7. The highest BCUT2D eigenvalue weighted by Gasteiger charge is 2.51. The van der Waals surface area contributed by atoms with E-state index in [0.29, 0.717) is 19.4 Å². The first-order valence-electron chi connectivity index (χ1n) is 14.1. The van der Waals surface area contributed by atoms with Crippen LogP contribution in [0.3, 0.4) is 0 Å². The molecule has 0 spiro atoms. The van der Waals surface area contributed by atoms with Gasteiger partial charge in [-0.25, -0.2) is 0 Å². The van der Waals surface area contributed by atoms with Crippen molar-refractivity contribution in [1.82, 2.24) is 10.6 Å². The molecule has 234 valence electrons. The van der Waals surface area contributed by atoms with E-state index in [2.05, 4.69) is 10.6 Å². The molecule has 2 rings (SSSR count). The molecule has 6 atom stereocenters. The average molecular weight is 594 g/mol. The van der Waals surface area contributed by atoms with Crippen LogP contribution in [0.5, 0.6) is 0 Å². The fourth-order valence-electron chi connectivity index (χ4n) is 4.52. The average Bonchev–Trinajstić information content (AvgIpc) is 2.91. The molecule has 1 aromatic rings. The van der Waals surface area contributed by atoms with Crippen LogP contribution in [-0.4, -0.2) is 86.2 Å². The van der Waals surface area contributed by atoms with Crippen molar-refractivity contribution in [2.75, 3.05) is 19.8 Å². The van der Waals surface area contributed by atoms with Gasteiger partial charge in [0.05, 0.1) is 6.04 Å². The van der Waals surface area contributed by atoms with Crippen molar-refractivity contribution in [3.8, 4) is 0 Å². The zero-order valence-electron chi connectivity index (χ0n) is 24.7. The smallest absolute Gasteiger partial charge is 0.303 e. The van der Waals surface area contributed by atoms with Gasteiger partial charge in [0.15, 0.2) is 18.5 Å². The number of amides is 2. The van der Waals surface area contributed by atoms with E-state index in [4.69, 9.17) is 29.4 Å². The highest BCUT2D eigenvalue weighted by molar-refractivity contribution is 5.81. The number of carbonyl (C=O) groups is 5. The van der Waals surface area contributed by atoms with E-state index in [-0.39, 0.29) is 19.1 Å². The van der Waals surface area contributed by atoms with E-state index in [1.807, 2.05) is 30.3 Å². The third-order valence-corrected chi connectivity index (χ3v) is 6.36. The van der Waals surface area contributed by atoms with Crippen molar-refractivity contribution in [2.24, 2.45) is 5.73 Å². The summed E-state index contributed by atoms with van der Waals surface area (Å²) in [6.07, 6.45) is -0.985. The summed E-state index contributed by atoms with van der Waals surface area (Å²) in [6, 6.07) is 7.97. The van der Waals surface area contributed by atoms with Crippen LogP contribution in [0.4, 0.5) is 0 Å².